The van der Waals surface area contributed by atoms with Crippen LogP contribution in [0.4, 0.5) is 8.78 Å². The maximum absolute atomic E-state index is 13.7. The molecule has 0 aliphatic rings. The smallest absolute Gasteiger partial charge is 0.133 e. The van der Waals surface area contributed by atoms with E-state index in [-0.39, 0.29) is 5.56 Å². The van der Waals surface area contributed by atoms with Crippen LogP contribution < -0.4 is 5.73 Å². The van der Waals surface area contributed by atoms with Crippen LogP contribution in [-0.4, -0.2) is 0 Å². The highest BCUT2D eigenvalue weighted by Gasteiger charge is 2.18. The van der Waals surface area contributed by atoms with Crippen molar-refractivity contribution in [2.24, 2.45) is 11.7 Å². The quantitative estimate of drug-likeness (QED) is 0.833. The van der Waals surface area contributed by atoms with Gasteiger partial charge in [0.2, 0.25) is 0 Å². The van der Waals surface area contributed by atoms with Gasteiger partial charge in [0.1, 0.15) is 11.6 Å². The van der Waals surface area contributed by atoms with Crippen molar-refractivity contribution in [1.29, 1.82) is 0 Å². The molecule has 1 aromatic carbocycles. The molecule has 90 valence electrons. The van der Waals surface area contributed by atoms with E-state index in [1.54, 1.807) is 6.92 Å². The molecule has 2 N–H and O–H groups in total. The summed E-state index contributed by atoms with van der Waals surface area (Å²) in [6.45, 7) is 5.75. The Morgan fingerprint density at radius 2 is 1.81 bits per heavy atom. The first-order valence-electron chi connectivity index (χ1n) is 5.63. The lowest BCUT2D eigenvalue weighted by Crippen LogP contribution is -2.15. The lowest BCUT2D eigenvalue weighted by atomic mass is 9.96. The van der Waals surface area contributed by atoms with Crippen molar-refractivity contribution in [3.63, 3.8) is 0 Å². The Labute approximate surface area is 95.7 Å². The summed E-state index contributed by atoms with van der Waals surface area (Å²) in [7, 11) is 0. The van der Waals surface area contributed by atoms with Crippen molar-refractivity contribution in [3.8, 4) is 0 Å². The average Bonchev–Trinajstić information content (AvgIpc) is 2.21. The van der Waals surface area contributed by atoms with Crippen LogP contribution in [0.1, 0.15) is 43.9 Å². The van der Waals surface area contributed by atoms with Gasteiger partial charge >= 0.3 is 0 Å². The average molecular weight is 227 g/mol. The van der Waals surface area contributed by atoms with Crippen molar-refractivity contribution in [2.75, 3.05) is 0 Å². The number of benzene rings is 1. The molecule has 1 nitrogen and oxygen atoms in total. The first-order chi connectivity index (χ1) is 7.43. The predicted molar refractivity (Wildman–Crippen MR) is 62.1 cm³/mol. The molecule has 0 heterocycles. The molecule has 0 fully saturated rings. The van der Waals surface area contributed by atoms with Gasteiger partial charge in [0.05, 0.1) is 0 Å². The highest BCUT2D eigenvalue weighted by atomic mass is 19.1. The molecule has 0 unspecified atom stereocenters. The normalized spacial score (nSPS) is 13.2. The van der Waals surface area contributed by atoms with Gasteiger partial charge in [0, 0.05) is 11.6 Å². The highest BCUT2D eigenvalue weighted by Crippen LogP contribution is 2.25. The van der Waals surface area contributed by atoms with Crippen LogP contribution in [0, 0.1) is 24.5 Å². The minimum Gasteiger partial charge on any atom is -0.324 e. The van der Waals surface area contributed by atoms with Crippen molar-refractivity contribution in [1.82, 2.24) is 0 Å². The van der Waals surface area contributed by atoms with Gasteiger partial charge in [-0.25, -0.2) is 8.78 Å². The summed E-state index contributed by atoms with van der Waals surface area (Å²) in [5.74, 6) is -0.558. The van der Waals surface area contributed by atoms with Gasteiger partial charge in [-0.2, -0.15) is 0 Å². The fourth-order valence-corrected chi connectivity index (χ4v) is 1.68. The second-order valence-corrected chi connectivity index (χ2v) is 4.67. The Morgan fingerprint density at radius 1 is 1.19 bits per heavy atom. The summed E-state index contributed by atoms with van der Waals surface area (Å²) in [5.41, 5.74) is 6.30. The van der Waals surface area contributed by atoms with E-state index in [2.05, 4.69) is 13.8 Å². The minimum atomic E-state index is -0.553. The highest BCUT2D eigenvalue weighted by molar-refractivity contribution is 5.28. The number of rotatable bonds is 4. The molecule has 0 amide bonds. The number of hydrogen-bond acceptors (Lipinski definition) is 1. The molecule has 0 aromatic heterocycles. The van der Waals surface area contributed by atoms with Crippen LogP contribution in [0.3, 0.4) is 0 Å². The van der Waals surface area contributed by atoms with Crippen LogP contribution in [0.2, 0.25) is 0 Å². The van der Waals surface area contributed by atoms with Gasteiger partial charge in [0.25, 0.3) is 0 Å². The summed E-state index contributed by atoms with van der Waals surface area (Å²) in [6, 6.07) is 2.16. The van der Waals surface area contributed by atoms with Gasteiger partial charge in [-0.15, -0.1) is 0 Å². The largest absolute Gasteiger partial charge is 0.324 e. The van der Waals surface area contributed by atoms with E-state index >= 15 is 0 Å². The third-order valence-electron chi connectivity index (χ3n) is 2.75. The van der Waals surface area contributed by atoms with E-state index in [1.165, 1.54) is 12.1 Å². The van der Waals surface area contributed by atoms with E-state index in [0.717, 1.165) is 6.42 Å². The maximum atomic E-state index is 13.7. The Balaban J connectivity index is 2.90. The van der Waals surface area contributed by atoms with E-state index in [9.17, 15) is 8.78 Å². The van der Waals surface area contributed by atoms with E-state index < -0.39 is 17.7 Å². The van der Waals surface area contributed by atoms with Crippen molar-refractivity contribution >= 4 is 0 Å². The molecule has 1 rings (SSSR count). The molecule has 1 atom stereocenters. The molecule has 0 radical (unpaired) electrons. The Kier molecular flexibility index (Phi) is 4.42. The van der Waals surface area contributed by atoms with Crippen LogP contribution in [0.15, 0.2) is 12.1 Å². The molecule has 0 saturated heterocycles. The maximum Gasteiger partial charge on any atom is 0.133 e. The molecule has 0 aliphatic heterocycles. The van der Waals surface area contributed by atoms with Crippen LogP contribution in [0.5, 0.6) is 0 Å². The molecule has 3 heteroatoms. The lowest BCUT2D eigenvalue weighted by molar-refractivity contribution is 0.467. The van der Waals surface area contributed by atoms with Gasteiger partial charge in [0.15, 0.2) is 0 Å². The summed E-state index contributed by atoms with van der Waals surface area (Å²) in [4.78, 5) is 0. The Bertz CT molecular complexity index is 361. The first kappa shape index (κ1) is 13.1. The van der Waals surface area contributed by atoms with Crippen molar-refractivity contribution in [2.45, 2.75) is 39.7 Å². The molecule has 0 bridgehead atoms. The third-order valence-corrected chi connectivity index (χ3v) is 2.75. The van der Waals surface area contributed by atoms with E-state index in [0.29, 0.717) is 17.9 Å². The molecule has 0 aliphatic carbocycles. The monoisotopic (exact) mass is 227 g/mol. The molecule has 0 saturated carbocycles. The van der Waals surface area contributed by atoms with Gasteiger partial charge in [-0.3, -0.25) is 0 Å². The van der Waals surface area contributed by atoms with Crippen LogP contribution in [0.25, 0.3) is 0 Å². The molecule has 1 aromatic rings. The second-order valence-electron chi connectivity index (χ2n) is 4.67. The fraction of sp³-hybridized carbons (Fsp3) is 0.538. The Morgan fingerprint density at radius 3 is 2.38 bits per heavy atom. The molecular weight excluding hydrogens is 208 g/mol. The zero-order chi connectivity index (χ0) is 12.3. The van der Waals surface area contributed by atoms with Crippen molar-refractivity contribution < 1.29 is 8.78 Å². The third kappa shape index (κ3) is 3.01. The standard InChI is InChI=1S/C13H19F2N/c1-8(2)4-7-11(16)12-10(14)6-5-9(3)13(12)15/h5-6,8,11H,4,7,16H2,1-3H3/t11-/m1/s1. The van der Waals surface area contributed by atoms with Crippen LogP contribution in [-0.2, 0) is 0 Å². The summed E-state index contributed by atoms with van der Waals surface area (Å²) < 4.78 is 27.2. The molecule has 16 heavy (non-hydrogen) atoms. The fourth-order valence-electron chi connectivity index (χ4n) is 1.68. The van der Waals surface area contributed by atoms with Gasteiger partial charge < -0.3 is 5.73 Å². The SMILES string of the molecule is Cc1ccc(F)c([C@H](N)CCC(C)C)c1F. The van der Waals surface area contributed by atoms with Crippen molar-refractivity contribution in [3.05, 3.63) is 34.9 Å². The lowest BCUT2D eigenvalue weighted by Gasteiger charge is -2.16. The number of hydrogen-bond donors (Lipinski definition) is 1. The minimum absolute atomic E-state index is 0.0284. The summed E-state index contributed by atoms with van der Waals surface area (Å²) in [5, 5.41) is 0. The van der Waals surface area contributed by atoms with Gasteiger partial charge in [-0.05, 0) is 37.3 Å². The number of halogens is 2. The molecular formula is C13H19F2N. The second kappa shape index (κ2) is 5.39. The summed E-state index contributed by atoms with van der Waals surface area (Å²) in [6.07, 6.45) is 1.48. The summed E-state index contributed by atoms with van der Waals surface area (Å²) >= 11 is 0. The predicted octanol–water partition coefficient (Wildman–Crippen LogP) is 3.71. The zero-order valence-electron chi connectivity index (χ0n) is 10.1. The number of nitrogens with two attached hydrogens (primary N) is 1. The molecule has 0 spiro atoms. The number of aryl methyl sites for hydroxylation is 1. The van der Waals surface area contributed by atoms with Crippen LogP contribution >= 0.6 is 0 Å². The first-order valence-corrected chi connectivity index (χ1v) is 5.63. The van der Waals surface area contributed by atoms with E-state index in [4.69, 9.17) is 5.73 Å². The topological polar surface area (TPSA) is 26.0 Å². The zero-order valence-corrected chi connectivity index (χ0v) is 10.1. The van der Waals surface area contributed by atoms with E-state index in [1.807, 2.05) is 0 Å². The van der Waals surface area contributed by atoms with Gasteiger partial charge in [-0.1, -0.05) is 19.9 Å². The Hall–Kier alpha value is -0.960.